The van der Waals surface area contributed by atoms with Gasteiger partial charge in [0.25, 0.3) is 0 Å². The van der Waals surface area contributed by atoms with Crippen molar-refractivity contribution in [3.8, 4) is 0 Å². The minimum absolute atomic E-state index is 0.274. The molecule has 0 aromatic heterocycles. The summed E-state index contributed by atoms with van der Waals surface area (Å²) in [6.07, 6.45) is 2.69. The van der Waals surface area contributed by atoms with Crippen LogP contribution in [0.1, 0.15) is 12.8 Å². The molecule has 1 aliphatic heterocycles. The third kappa shape index (κ3) is 3.80. The SMILES string of the molecule is CN.NC(C=O)C1CCOCC1. The quantitative estimate of drug-likeness (QED) is 0.554. The summed E-state index contributed by atoms with van der Waals surface area (Å²) in [5.74, 6) is 0.353. The van der Waals surface area contributed by atoms with Crippen molar-refractivity contribution in [2.45, 2.75) is 18.9 Å². The number of hydrogen-bond acceptors (Lipinski definition) is 4. The van der Waals surface area contributed by atoms with E-state index < -0.39 is 0 Å². The van der Waals surface area contributed by atoms with Crippen molar-refractivity contribution in [3.63, 3.8) is 0 Å². The fourth-order valence-corrected chi connectivity index (χ4v) is 1.21. The zero-order valence-electron chi connectivity index (χ0n) is 7.53. The highest BCUT2D eigenvalue weighted by molar-refractivity contribution is 5.57. The molecular weight excluding hydrogens is 156 g/mol. The largest absolute Gasteiger partial charge is 0.381 e. The molecule has 0 amide bonds. The van der Waals surface area contributed by atoms with Crippen LogP contribution in [0.4, 0.5) is 0 Å². The lowest BCUT2D eigenvalue weighted by atomic mass is 9.93. The highest BCUT2D eigenvalue weighted by atomic mass is 16.5. The van der Waals surface area contributed by atoms with Gasteiger partial charge in [0.1, 0.15) is 6.29 Å². The number of hydrogen-bond donors (Lipinski definition) is 2. The highest BCUT2D eigenvalue weighted by Crippen LogP contribution is 2.15. The number of carbonyl (C=O) groups excluding carboxylic acids is 1. The van der Waals surface area contributed by atoms with Crippen LogP contribution in [0.3, 0.4) is 0 Å². The van der Waals surface area contributed by atoms with Crippen LogP contribution >= 0.6 is 0 Å². The Hall–Kier alpha value is -0.450. The first-order valence-electron chi connectivity index (χ1n) is 4.21. The molecule has 1 fully saturated rings. The molecule has 1 atom stereocenters. The van der Waals surface area contributed by atoms with Gasteiger partial charge in [0.2, 0.25) is 0 Å². The van der Waals surface area contributed by atoms with Gasteiger partial charge in [-0.1, -0.05) is 0 Å². The average molecular weight is 174 g/mol. The standard InChI is InChI=1S/C7H13NO2.CH5N/c8-7(5-9)6-1-3-10-4-2-6;1-2/h5-7H,1-4,8H2;2H2,1H3. The number of ether oxygens (including phenoxy) is 1. The lowest BCUT2D eigenvalue weighted by molar-refractivity contribution is -0.110. The van der Waals surface area contributed by atoms with Gasteiger partial charge in [-0.25, -0.2) is 0 Å². The van der Waals surface area contributed by atoms with E-state index in [9.17, 15) is 4.79 Å². The lowest BCUT2D eigenvalue weighted by Gasteiger charge is -2.23. The number of aldehydes is 1. The van der Waals surface area contributed by atoms with Gasteiger partial charge in [-0.15, -0.1) is 0 Å². The summed E-state index contributed by atoms with van der Waals surface area (Å²) in [4.78, 5) is 10.2. The van der Waals surface area contributed by atoms with Crippen molar-refractivity contribution in [2.75, 3.05) is 20.3 Å². The van der Waals surface area contributed by atoms with Crippen molar-refractivity contribution in [1.29, 1.82) is 0 Å². The van der Waals surface area contributed by atoms with Crippen LogP contribution in [-0.4, -0.2) is 32.6 Å². The molecule has 4 nitrogen and oxygen atoms in total. The number of rotatable bonds is 2. The molecule has 1 heterocycles. The number of nitrogens with two attached hydrogens (primary N) is 2. The van der Waals surface area contributed by atoms with E-state index in [0.29, 0.717) is 5.92 Å². The minimum atomic E-state index is -0.274. The van der Waals surface area contributed by atoms with E-state index in [4.69, 9.17) is 10.5 Å². The van der Waals surface area contributed by atoms with Gasteiger partial charge in [0.15, 0.2) is 0 Å². The van der Waals surface area contributed by atoms with E-state index in [1.165, 1.54) is 7.05 Å². The zero-order chi connectivity index (χ0) is 9.40. The zero-order valence-corrected chi connectivity index (χ0v) is 7.53. The third-order valence-corrected chi connectivity index (χ3v) is 1.97. The molecule has 0 spiro atoms. The first-order valence-corrected chi connectivity index (χ1v) is 4.21. The summed E-state index contributed by atoms with van der Waals surface area (Å²) in [6, 6.07) is -0.274. The van der Waals surface area contributed by atoms with Crippen LogP contribution in [0.25, 0.3) is 0 Å². The Kier molecular flexibility index (Phi) is 6.94. The molecule has 0 aromatic carbocycles. The molecule has 1 saturated heterocycles. The van der Waals surface area contributed by atoms with Gasteiger partial charge in [0, 0.05) is 13.2 Å². The van der Waals surface area contributed by atoms with Crippen LogP contribution in [0.15, 0.2) is 0 Å². The van der Waals surface area contributed by atoms with E-state index >= 15 is 0 Å². The predicted octanol–water partition coefficient (Wildman–Crippen LogP) is -0.486. The van der Waals surface area contributed by atoms with Crippen LogP contribution in [-0.2, 0) is 9.53 Å². The monoisotopic (exact) mass is 174 g/mol. The maximum Gasteiger partial charge on any atom is 0.136 e. The summed E-state index contributed by atoms with van der Waals surface area (Å²) >= 11 is 0. The summed E-state index contributed by atoms with van der Waals surface area (Å²) in [6.45, 7) is 1.51. The summed E-state index contributed by atoms with van der Waals surface area (Å²) < 4.78 is 5.12. The molecule has 4 N–H and O–H groups in total. The molecule has 1 aliphatic rings. The van der Waals surface area contributed by atoms with Crippen LogP contribution in [0.5, 0.6) is 0 Å². The van der Waals surface area contributed by atoms with Crippen LogP contribution in [0, 0.1) is 5.92 Å². The molecule has 0 aliphatic carbocycles. The van der Waals surface area contributed by atoms with Gasteiger partial charge in [-0.2, -0.15) is 0 Å². The number of carbonyl (C=O) groups is 1. The van der Waals surface area contributed by atoms with E-state index in [1.54, 1.807) is 0 Å². The van der Waals surface area contributed by atoms with Crippen molar-refractivity contribution in [2.24, 2.45) is 17.4 Å². The lowest BCUT2D eigenvalue weighted by Crippen LogP contribution is -2.35. The van der Waals surface area contributed by atoms with Crippen LogP contribution < -0.4 is 11.5 Å². The predicted molar refractivity (Wildman–Crippen MR) is 47.7 cm³/mol. The van der Waals surface area contributed by atoms with Crippen LogP contribution in [0.2, 0.25) is 0 Å². The Labute approximate surface area is 73.2 Å². The Balaban J connectivity index is 0.000000561. The van der Waals surface area contributed by atoms with Crippen molar-refractivity contribution in [3.05, 3.63) is 0 Å². The first-order chi connectivity index (χ1) is 5.84. The normalized spacial score (nSPS) is 20.6. The van der Waals surface area contributed by atoms with E-state index in [-0.39, 0.29) is 6.04 Å². The molecule has 12 heavy (non-hydrogen) atoms. The fraction of sp³-hybridized carbons (Fsp3) is 0.875. The molecule has 4 heteroatoms. The van der Waals surface area contributed by atoms with Gasteiger partial charge >= 0.3 is 0 Å². The molecule has 1 rings (SSSR count). The highest BCUT2D eigenvalue weighted by Gasteiger charge is 2.19. The topological polar surface area (TPSA) is 78.3 Å². The molecule has 1 unspecified atom stereocenters. The average Bonchev–Trinajstić information content (AvgIpc) is 2.21. The molecular formula is C8H18N2O2. The van der Waals surface area contributed by atoms with Gasteiger partial charge in [0.05, 0.1) is 6.04 Å². The van der Waals surface area contributed by atoms with Gasteiger partial charge < -0.3 is 21.0 Å². The van der Waals surface area contributed by atoms with E-state index in [1.807, 2.05) is 0 Å². The summed E-state index contributed by atoms with van der Waals surface area (Å²) in [7, 11) is 1.50. The maximum absolute atomic E-state index is 10.2. The van der Waals surface area contributed by atoms with Crippen molar-refractivity contribution >= 4 is 6.29 Å². The fourth-order valence-electron chi connectivity index (χ4n) is 1.21. The Morgan fingerprint density at radius 3 is 2.33 bits per heavy atom. The van der Waals surface area contributed by atoms with E-state index in [2.05, 4.69) is 5.73 Å². The molecule has 0 aromatic rings. The van der Waals surface area contributed by atoms with Crippen molar-refractivity contribution in [1.82, 2.24) is 0 Å². The molecule has 0 bridgehead atoms. The minimum Gasteiger partial charge on any atom is -0.381 e. The third-order valence-electron chi connectivity index (χ3n) is 1.97. The van der Waals surface area contributed by atoms with Gasteiger partial charge in [-0.3, -0.25) is 0 Å². The molecule has 72 valence electrons. The summed E-state index contributed by atoms with van der Waals surface area (Å²) in [5, 5.41) is 0. The van der Waals surface area contributed by atoms with Gasteiger partial charge in [-0.05, 0) is 25.8 Å². The molecule has 0 saturated carbocycles. The smallest absolute Gasteiger partial charge is 0.136 e. The Morgan fingerprint density at radius 2 is 1.92 bits per heavy atom. The summed E-state index contributed by atoms with van der Waals surface area (Å²) in [5.41, 5.74) is 10.0. The Bertz CT molecular complexity index is 114. The second kappa shape index (κ2) is 7.21. The molecule has 0 radical (unpaired) electrons. The second-order valence-electron chi connectivity index (χ2n) is 2.66. The van der Waals surface area contributed by atoms with Crippen molar-refractivity contribution < 1.29 is 9.53 Å². The van der Waals surface area contributed by atoms with E-state index in [0.717, 1.165) is 32.3 Å². The first kappa shape index (κ1) is 11.6. The maximum atomic E-state index is 10.2. The Morgan fingerprint density at radius 1 is 1.42 bits per heavy atom. The second-order valence-corrected chi connectivity index (χ2v) is 2.66.